The molecule has 2 N–H and O–H groups in total. The van der Waals surface area contributed by atoms with Gasteiger partial charge in [0.25, 0.3) is 5.91 Å². The number of carbonyl (C=O) groups is 2. The minimum atomic E-state index is -1.19. The van der Waals surface area contributed by atoms with Gasteiger partial charge in [0.05, 0.1) is 10.6 Å². The lowest BCUT2D eigenvalue weighted by Crippen LogP contribution is -2.24. The van der Waals surface area contributed by atoms with Crippen LogP contribution in [0.15, 0.2) is 81.9 Å². The molecule has 0 spiro atoms. The fourth-order valence-corrected chi connectivity index (χ4v) is 2.95. The second-order valence-electron chi connectivity index (χ2n) is 5.93. The molecule has 9 heteroatoms. The number of halogens is 2. The maximum absolute atomic E-state index is 13.8. The minimum absolute atomic E-state index is 0.0475. The summed E-state index contributed by atoms with van der Waals surface area (Å²) in [4.78, 5) is 23.9. The molecule has 30 heavy (non-hydrogen) atoms. The Balaban J connectivity index is 2.18. The van der Waals surface area contributed by atoms with Crippen molar-refractivity contribution in [2.24, 2.45) is 0 Å². The zero-order chi connectivity index (χ0) is 22.3. The second-order valence-corrected chi connectivity index (χ2v) is 7.28. The number of nitrogens with one attached hydrogen (secondary N) is 1. The van der Waals surface area contributed by atoms with E-state index in [1.165, 1.54) is 35.8 Å². The molecule has 2 aromatic heterocycles. The number of carbonyl (C=O) groups excluding carboxylic acids is 1. The highest BCUT2D eigenvalue weighted by atomic mass is 35.5. The van der Waals surface area contributed by atoms with Crippen LogP contribution in [-0.2, 0) is 4.79 Å². The summed E-state index contributed by atoms with van der Waals surface area (Å²) in [5.41, 5.74) is 0.648. The summed E-state index contributed by atoms with van der Waals surface area (Å²) in [6, 6.07) is 4.00. The molecule has 2 rings (SSSR count). The Morgan fingerprint density at radius 3 is 2.73 bits per heavy atom. The highest BCUT2D eigenvalue weighted by Gasteiger charge is 2.17. The van der Waals surface area contributed by atoms with Crippen molar-refractivity contribution in [2.45, 2.75) is 13.8 Å². The van der Waals surface area contributed by atoms with Crippen LogP contribution in [0, 0.1) is 5.82 Å². The third-order valence-electron chi connectivity index (χ3n) is 3.77. The van der Waals surface area contributed by atoms with Crippen LogP contribution in [0.1, 0.15) is 24.3 Å². The molecule has 0 aliphatic rings. The first-order valence-corrected chi connectivity index (χ1v) is 9.90. The van der Waals surface area contributed by atoms with E-state index in [9.17, 15) is 19.1 Å². The second kappa shape index (κ2) is 10.6. The van der Waals surface area contributed by atoms with Gasteiger partial charge in [0.15, 0.2) is 5.69 Å². The summed E-state index contributed by atoms with van der Waals surface area (Å²) in [6.07, 6.45) is 8.23. The fourth-order valence-electron chi connectivity index (χ4n) is 2.10. The molecule has 2 aromatic rings. The van der Waals surface area contributed by atoms with E-state index in [4.69, 9.17) is 11.6 Å². The molecule has 0 aliphatic heterocycles. The summed E-state index contributed by atoms with van der Waals surface area (Å²) < 4.78 is 15.1. The summed E-state index contributed by atoms with van der Waals surface area (Å²) in [5, 5.41) is 18.1. The Morgan fingerprint density at radius 1 is 1.37 bits per heavy atom. The molecular weight excluding hydrogens is 429 g/mol. The van der Waals surface area contributed by atoms with Crippen LogP contribution in [-0.4, -0.2) is 26.6 Å². The third-order valence-corrected chi connectivity index (χ3v) is 5.03. The average Bonchev–Trinajstić information content (AvgIpc) is 3.16. The smallest absolute Gasteiger partial charge is 0.333 e. The first-order chi connectivity index (χ1) is 14.2. The van der Waals surface area contributed by atoms with E-state index in [0.717, 1.165) is 11.8 Å². The maximum Gasteiger partial charge on any atom is 0.333 e. The number of pyridine rings is 1. The number of aromatic nitrogens is 2. The Bertz CT molecular complexity index is 1120. The Kier molecular flexibility index (Phi) is 8.20. The summed E-state index contributed by atoms with van der Waals surface area (Å²) in [5.74, 6) is -2.37. The molecule has 0 aliphatic carbocycles. The van der Waals surface area contributed by atoms with Crippen molar-refractivity contribution in [1.29, 1.82) is 0 Å². The van der Waals surface area contributed by atoms with Gasteiger partial charge in [-0.1, -0.05) is 42.1 Å². The zero-order valence-corrected chi connectivity index (χ0v) is 17.8. The van der Waals surface area contributed by atoms with Gasteiger partial charge >= 0.3 is 5.97 Å². The molecule has 0 fully saturated rings. The molecule has 156 valence electrons. The summed E-state index contributed by atoms with van der Waals surface area (Å²) in [6.45, 7) is 7.00. The van der Waals surface area contributed by atoms with Gasteiger partial charge in [-0.3, -0.25) is 4.79 Å². The lowest BCUT2D eigenvalue weighted by molar-refractivity contribution is -0.132. The number of rotatable bonds is 8. The quantitative estimate of drug-likeness (QED) is 0.438. The molecule has 1 amide bonds. The molecule has 0 radical (unpaired) electrons. The molecule has 0 aromatic carbocycles. The topological polar surface area (TPSA) is 83.7 Å². The lowest BCUT2D eigenvalue weighted by atomic mass is 10.3. The highest BCUT2D eigenvalue weighted by molar-refractivity contribution is 8.05. The molecule has 0 saturated heterocycles. The number of allylic oxidation sites excluding steroid dienone is 6. The van der Waals surface area contributed by atoms with Crippen LogP contribution >= 0.6 is 23.4 Å². The van der Waals surface area contributed by atoms with Crippen molar-refractivity contribution in [1.82, 2.24) is 14.9 Å². The van der Waals surface area contributed by atoms with E-state index in [0.29, 0.717) is 10.6 Å². The van der Waals surface area contributed by atoms with Crippen LogP contribution in [0.25, 0.3) is 5.52 Å². The highest BCUT2D eigenvalue weighted by Crippen LogP contribution is 2.21. The number of amides is 1. The molecule has 0 saturated carbocycles. The zero-order valence-electron chi connectivity index (χ0n) is 16.2. The normalized spacial score (nSPS) is 13.1. The molecule has 2 heterocycles. The summed E-state index contributed by atoms with van der Waals surface area (Å²) in [7, 11) is 0. The van der Waals surface area contributed by atoms with E-state index in [1.54, 1.807) is 36.6 Å². The lowest BCUT2D eigenvalue weighted by Gasteiger charge is -2.08. The Morgan fingerprint density at radius 2 is 2.10 bits per heavy atom. The standard InChI is InChI=1S/C21H19ClFN3O3S/c1-4-15(22)8-7-13(2)9-11-30-20(14(3)21(28)29)24-19(27)17-12-18-16(23)6-5-10-26(18)25-17/h4-12H,2H2,1,3H3,(H,24,27)(H,28,29)/b8-7-,11-9+,15-4+,20-14+. The Hall–Kier alpha value is -3.10. The van der Waals surface area contributed by atoms with Crippen molar-refractivity contribution in [3.05, 3.63) is 93.4 Å². The average molecular weight is 448 g/mol. The van der Waals surface area contributed by atoms with Gasteiger partial charge in [0.1, 0.15) is 11.3 Å². The predicted molar refractivity (Wildman–Crippen MR) is 118 cm³/mol. The van der Waals surface area contributed by atoms with Crippen LogP contribution in [0.5, 0.6) is 0 Å². The van der Waals surface area contributed by atoms with Gasteiger partial charge in [-0.15, -0.1) is 0 Å². The van der Waals surface area contributed by atoms with Crippen molar-refractivity contribution < 1.29 is 19.1 Å². The first kappa shape index (κ1) is 23.2. The van der Waals surface area contributed by atoms with E-state index >= 15 is 0 Å². The molecule has 0 unspecified atom stereocenters. The van der Waals surface area contributed by atoms with Gasteiger partial charge in [0, 0.05) is 11.2 Å². The van der Waals surface area contributed by atoms with Gasteiger partial charge in [0.2, 0.25) is 0 Å². The monoisotopic (exact) mass is 447 g/mol. The number of hydrogen-bond donors (Lipinski definition) is 2. The molecular formula is C21H19ClFN3O3S. The number of thioether (sulfide) groups is 1. The van der Waals surface area contributed by atoms with Crippen molar-refractivity contribution in [3.63, 3.8) is 0 Å². The number of aliphatic carboxylic acids is 1. The van der Waals surface area contributed by atoms with Gasteiger partial charge < -0.3 is 10.4 Å². The van der Waals surface area contributed by atoms with E-state index in [1.807, 2.05) is 0 Å². The van der Waals surface area contributed by atoms with Crippen LogP contribution in [0.2, 0.25) is 0 Å². The van der Waals surface area contributed by atoms with Crippen molar-refractivity contribution in [3.8, 4) is 0 Å². The number of hydrogen-bond acceptors (Lipinski definition) is 4. The number of carboxylic acids is 1. The van der Waals surface area contributed by atoms with E-state index in [-0.39, 0.29) is 21.8 Å². The fraction of sp³-hybridized carbons (Fsp3) is 0.0952. The molecule has 0 bridgehead atoms. The first-order valence-electron chi connectivity index (χ1n) is 8.64. The van der Waals surface area contributed by atoms with Crippen LogP contribution in [0.4, 0.5) is 4.39 Å². The number of nitrogens with zero attached hydrogens (tertiary/aromatic N) is 2. The van der Waals surface area contributed by atoms with Gasteiger partial charge in [-0.05, 0) is 55.2 Å². The Labute approximate surface area is 182 Å². The van der Waals surface area contributed by atoms with E-state index in [2.05, 4.69) is 17.0 Å². The summed E-state index contributed by atoms with van der Waals surface area (Å²) >= 11 is 6.87. The molecule has 0 atom stereocenters. The van der Waals surface area contributed by atoms with Gasteiger partial charge in [-0.2, -0.15) is 5.10 Å². The third kappa shape index (κ3) is 6.20. The molecule has 6 nitrogen and oxygen atoms in total. The van der Waals surface area contributed by atoms with Crippen molar-refractivity contribution in [2.75, 3.05) is 0 Å². The van der Waals surface area contributed by atoms with Crippen molar-refractivity contribution >= 4 is 40.8 Å². The SMILES string of the molecule is C=C(/C=C\C(Cl)=C/C)/C=C/S/C(NC(=O)c1cc2c(F)cccn2n1)=C(\C)C(=O)O. The largest absolute Gasteiger partial charge is 0.478 e. The maximum atomic E-state index is 13.8. The predicted octanol–water partition coefficient (Wildman–Crippen LogP) is 5.02. The van der Waals surface area contributed by atoms with Gasteiger partial charge in [-0.25, -0.2) is 13.7 Å². The number of carboxylic acid groups (broad SMARTS) is 1. The van der Waals surface area contributed by atoms with Crippen LogP contribution < -0.4 is 5.32 Å². The van der Waals surface area contributed by atoms with Crippen LogP contribution in [0.3, 0.4) is 0 Å². The van der Waals surface area contributed by atoms with E-state index < -0.39 is 17.7 Å². The minimum Gasteiger partial charge on any atom is -0.478 e. The number of fused-ring (bicyclic) bond motifs is 1.